The number of benzene rings is 1. The van der Waals surface area contributed by atoms with Crippen LogP contribution in [0.15, 0.2) is 24.3 Å². The number of fused-ring (bicyclic) bond motifs is 3. The van der Waals surface area contributed by atoms with E-state index in [1.54, 1.807) is 17.9 Å². The number of hydrogen-bond donors (Lipinski definition) is 1. The molecular formula is C24H25FN2O2. The predicted octanol–water partition coefficient (Wildman–Crippen LogP) is 2.98. The molecule has 0 saturated heterocycles. The number of rotatable bonds is 2. The van der Waals surface area contributed by atoms with E-state index in [4.69, 9.17) is 4.74 Å². The minimum atomic E-state index is -1.01. The fraction of sp³-hybridized carbons (Fsp3) is 0.375. The number of nitrogens with zero attached hydrogens (tertiary/aromatic N) is 1. The maximum Gasteiger partial charge on any atom is 0.411 e. The van der Waals surface area contributed by atoms with Crippen molar-refractivity contribution in [3.05, 3.63) is 57.2 Å². The van der Waals surface area contributed by atoms with E-state index >= 15 is 0 Å². The summed E-state index contributed by atoms with van der Waals surface area (Å²) in [6.07, 6.45) is 2.97. The van der Waals surface area contributed by atoms with Crippen LogP contribution in [0, 0.1) is 24.7 Å². The first kappa shape index (κ1) is 19.3. The molecule has 1 aliphatic carbocycles. The summed E-state index contributed by atoms with van der Waals surface area (Å²) in [5, 5.41) is 1.88. The van der Waals surface area contributed by atoms with Crippen molar-refractivity contribution in [2.75, 3.05) is 13.2 Å². The summed E-state index contributed by atoms with van der Waals surface area (Å²) in [6.45, 7) is 6.25. The van der Waals surface area contributed by atoms with Crippen LogP contribution >= 0.6 is 0 Å². The van der Waals surface area contributed by atoms with Gasteiger partial charge in [0.05, 0.1) is 0 Å². The molecule has 4 rings (SSSR count). The van der Waals surface area contributed by atoms with Gasteiger partial charge in [-0.3, -0.25) is 4.90 Å². The van der Waals surface area contributed by atoms with Crippen LogP contribution < -0.4 is 10.6 Å². The summed E-state index contributed by atoms with van der Waals surface area (Å²) in [5.74, 6) is 5.35. The third-order valence-corrected chi connectivity index (χ3v) is 5.73. The van der Waals surface area contributed by atoms with Crippen LogP contribution in [0.3, 0.4) is 0 Å². The van der Waals surface area contributed by atoms with E-state index < -0.39 is 6.17 Å². The number of amides is 1. The second-order valence-corrected chi connectivity index (χ2v) is 7.72. The predicted molar refractivity (Wildman–Crippen MR) is 111 cm³/mol. The fourth-order valence-electron chi connectivity index (χ4n) is 4.15. The number of carbonyl (C=O) groups is 1. The maximum atomic E-state index is 14.3. The van der Waals surface area contributed by atoms with Gasteiger partial charge in [-0.15, -0.1) is 5.92 Å². The average molecular weight is 392 g/mol. The highest BCUT2D eigenvalue weighted by molar-refractivity contribution is 5.70. The molecule has 5 heteroatoms. The zero-order valence-corrected chi connectivity index (χ0v) is 17.0. The smallest absolute Gasteiger partial charge is 0.411 e. The first-order chi connectivity index (χ1) is 14.0. The number of ether oxygens (including phenoxy) is 1. The van der Waals surface area contributed by atoms with E-state index in [2.05, 4.69) is 16.8 Å². The van der Waals surface area contributed by atoms with Crippen molar-refractivity contribution in [2.24, 2.45) is 5.92 Å². The molecule has 1 aromatic carbocycles. The van der Waals surface area contributed by atoms with Gasteiger partial charge in [-0.1, -0.05) is 48.7 Å². The van der Waals surface area contributed by atoms with Crippen molar-refractivity contribution in [3.8, 4) is 11.8 Å². The Hall–Kier alpha value is -3.00. The molecule has 4 nitrogen and oxygen atoms in total. The molecule has 0 fully saturated rings. The largest absolute Gasteiger partial charge is 0.436 e. The molecule has 0 radical (unpaired) electrons. The Balaban J connectivity index is 1.81. The maximum absolute atomic E-state index is 14.3. The molecule has 29 heavy (non-hydrogen) atoms. The summed E-state index contributed by atoms with van der Waals surface area (Å²) >= 11 is 0. The van der Waals surface area contributed by atoms with Crippen molar-refractivity contribution in [1.82, 2.24) is 9.88 Å². The minimum absolute atomic E-state index is 0.0726. The number of H-pyrrole nitrogens is 1. The second kappa shape index (κ2) is 7.79. The molecule has 2 aliphatic rings. The van der Waals surface area contributed by atoms with Gasteiger partial charge in [-0.05, 0) is 42.7 Å². The quantitative estimate of drug-likeness (QED) is 0.799. The van der Waals surface area contributed by atoms with Crippen LogP contribution in [0.5, 0.6) is 0 Å². The Morgan fingerprint density at radius 2 is 2.07 bits per heavy atom. The van der Waals surface area contributed by atoms with Crippen molar-refractivity contribution in [2.45, 2.75) is 39.4 Å². The molecule has 1 aliphatic heterocycles. The first-order valence-corrected chi connectivity index (χ1v) is 9.97. The van der Waals surface area contributed by atoms with Crippen molar-refractivity contribution in [1.29, 1.82) is 0 Å². The van der Waals surface area contributed by atoms with E-state index in [-0.39, 0.29) is 24.7 Å². The Morgan fingerprint density at radius 1 is 1.31 bits per heavy atom. The molecule has 0 spiro atoms. The van der Waals surface area contributed by atoms with Crippen LogP contribution in [0.1, 0.15) is 42.3 Å². The van der Waals surface area contributed by atoms with Crippen LogP contribution in [-0.2, 0) is 11.2 Å². The molecule has 2 aromatic rings. The number of aryl methyl sites for hydroxylation is 1. The number of carbonyl (C=O) groups excluding carboxylic acids is 1. The molecule has 1 N–H and O–H groups in total. The van der Waals surface area contributed by atoms with E-state index in [0.29, 0.717) is 13.0 Å². The molecule has 150 valence electrons. The van der Waals surface area contributed by atoms with E-state index in [9.17, 15) is 9.18 Å². The van der Waals surface area contributed by atoms with Gasteiger partial charge in [-0.25, -0.2) is 9.18 Å². The SMILES string of the molecule is CC#CCOC(=O)N1CCc2c([nH]c3c2=CC(C)C(F)C=3)C1c1ccc(C)cc1. The Morgan fingerprint density at radius 3 is 2.79 bits per heavy atom. The van der Waals surface area contributed by atoms with E-state index in [0.717, 1.165) is 33.0 Å². The number of aromatic nitrogens is 1. The summed E-state index contributed by atoms with van der Waals surface area (Å²) in [6, 6.07) is 7.85. The zero-order valence-electron chi connectivity index (χ0n) is 17.0. The molecule has 1 amide bonds. The lowest BCUT2D eigenvalue weighted by Crippen LogP contribution is -2.42. The van der Waals surface area contributed by atoms with Crippen molar-refractivity contribution in [3.63, 3.8) is 0 Å². The summed E-state index contributed by atoms with van der Waals surface area (Å²) in [4.78, 5) is 18.0. The lowest BCUT2D eigenvalue weighted by atomic mass is 9.91. The Kier molecular flexibility index (Phi) is 5.19. The Labute approximate surface area is 170 Å². The van der Waals surface area contributed by atoms with Crippen molar-refractivity contribution < 1.29 is 13.9 Å². The van der Waals surface area contributed by atoms with E-state index in [1.807, 2.05) is 44.2 Å². The van der Waals surface area contributed by atoms with Gasteiger partial charge in [0.25, 0.3) is 0 Å². The molecule has 1 aromatic heterocycles. The fourth-order valence-corrected chi connectivity index (χ4v) is 4.15. The number of halogens is 1. The lowest BCUT2D eigenvalue weighted by molar-refractivity contribution is 0.0991. The highest BCUT2D eigenvalue weighted by atomic mass is 19.1. The van der Waals surface area contributed by atoms with E-state index in [1.165, 1.54) is 0 Å². The lowest BCUT2D eigenvalue weighted by Gasteiger charge is -2.35. The first-order valence-electron chi connectivity index (χ1n) is 9.97. The third kappa shape index (κ3) is 3.55. The highest BCUT2D eigenvalue weighted by Gasteiger charge is 2.35. The molecule has 0 bridgehead atoms. The highest BCUT2D eigenvalue weighted by Crippen LogP contribution is 2.33. The van der Waals surface area contributed by atoms with Crippen LogP contribution in [0.2, 0.25) is 0 Å². The number of nitrogens with one attached hydrogen (secondary N) is 1. The normalized spacial score (nSPS) is 22.3. The zero-order chi connectivity index (χ0) is 20.5. The van der Waals surface area contributed by atoms with Gasteiger partial charge >= 0.3 is 6.09 Å². The molecule has 0 saturated carbocycles. The van der Waals surface area contributed by atoms with Crippen LogP contribution in [0.4, 0.5) is 9.18 Å². The molecule has 2 heterocycles. The molecule has 3 unspecified atom stereocenters. The average Bonchev–Trinajstić information content (AvgIpc) is 3.06. The van der Waals surface area contributed by atoms with Crippen LogP contribution in [0.25, 0.3) is 12.2 Å². The number of aromatic amines is 1. The van der Waals surface area contributed by atoms with Crippen molar-refractivity contribution >= 4 is 18.2 Å². The summed E-state index contributed by atoms with van der Waals surface area (Å²) < 4.78 is 19.6. The van der Waals surface area contributed by atoms with Gasteiger partial charge in [0.15, 0.2) is 6.61 Å². The summed E-state index contributed by atoms with van der Waals surface area (Å²) in [7, 11) is 0. The topological polar surface area (TPSA) is 45.3 Å². The van der Waals surface area contributed by atoms with Crippen LogP contribution in [-0.4, -0.2) is 35.3 Å². The van der Waals surface area contributed by atoms with Gasteiger partial charge < -0.3 is 9.72 Å². The monoisotopic (exact) mass is 392 g/mol. The van der Waals surface area contributed by atoms with Gasteiger partial charge in [-0.2, -0.15) is 0 Å². The second-order valence-electron chi connectivity index (χ2n) is 7.72. The van der Waals surface area contributed by atoms with Gasteiger partial charge in [0, 0.05) is 23.5 Å². The van der Waals surface area contributed by atoms with Gasteiger partial charge in [0.1, 0.15) is 12.2 Å². The molecule has 3 atom stereocenters. The third-order valence-electron chi connectivity index (χ3n) is 5.73. The standard InChI is InChI=1S/C24H25FN2O2/c1-4-5-12-29-24(28)27-11-10-18-19-13-16(3)20(25)14-21(19)26-22(18)23(27)17-8-6-15(2)7-9-17/h6-9,13-14,16,20,23,26H,10-12H2,1-3H3. The van der Waals surface area contributed by atoms with Gasteiger partial charge in [0.2, 0.25) is 0 Å². The summed E-state index contributed by atoms with van der Waals surface area (Å²) in [5.41, 5.74) is 4.26. The molecular weight excluding hydrogens is 367 g/mol. The number of hydrogen-bond acceptors (Lipinski definition) is 2. The minimum Gasteiger partial charge on any atom is -0.436 e. The number of alkyl halides is 1. The Bertz CT molecular complexity index is 1100.